The Labute approximate surface area is 161 Å². The van der Waals surface area contributed by atoms with Gasteiger partial charge in [-0.2, -0.15) is 0 Å². The average Bonchev–Trinajstić information content (AvgIpc) is 2.75. The van der Waals surface area contributed by atoms with E-state index in [0.29, 0.717) is 17.9 Å². The number of carbonyl (C=O) groups is 1. The van der Waals surface area contributed by atoms with Crippen LogP contribution in [0.4, 0.5) is 0 Å². The maximum absolute atomic E-state index is 12.6. The Morgan fingerprint density at radius 1 is 1.00 bits per heavy atom. The minimum absolute atomic E-state index is 0.0792. The lowest BCUT2D eigenvalue weighted by molar-refractivity contribution is 0.0924. The van der Waals surface area contributed by atoms with Gasteiger partial charge in [0.2, 0.25) is 0 Å². The van der Waals surface area contributed by atoms with Crippen molar-refractivity contribution in [2.24, 2.45) is 0 Å². The summed E-state index contributed by atoms with van der Waals surface area (Å²) in [6.45, 7) is 2.69. The summed E-state index contributed by atoms with van der Waals surface area (Å²) in [6.07, 6.45) is 3.69. The van der Waals surface area contributed by atoms with Crippen LogP contribution in [0.1, 0.15) is 41.2 Å². The van der Waals surface area contributed by atoms with Crippen molar-refractivity contribution in [3.8, 4) is 11.5 Å². The van der Waals surface area contributed by atoms with Crippen LogP contribution in [0.2, 0.25) is 0 Å². The zero-order valence-corrected chi connectivity index (χ0v) is 16.1. The number of carbonyl (C=O) groups excluding carboxylic acids is 1. The fourth-order valence-corrected chi connectivity index (χ4v) is 3.57. The van der Waals surface area contributed by atoms with Crippen LogP contribution in [-0.2, 0) is 0 Å². The van der Waals surface area contributed by atoms with Crippen LogP contribution in [0.15, 0.2) is 48.5 Å². The fraction of sp³-hybridized carbons (Fsp3) is 0.409. The molecule has 0 aromatic heterocycles. The second kappa shape index (κ2) is 9.42. The highest BCUT2D eigenvalue weighted by atomic mass is 16.5. The molecule has 144 valence electrons. The van der Waals surface area contributed by atoms with Crippen molar-refractivity contribution in [2.45, 2.75) is 25.3 Å². The van der Waals surface area contributed by atoms with E-state index in [2.05, 4.69) is 22.3 Å². The molecule has 0 aliphatic carbocycles. The van der Waals surface area contributed by atoms with Gasteiger partial charge in [-0.15, -0.1) is 0 Å². The molecular formula is C22H28N2O3. The zero-order chi connectivity index (χ0) is 19.1. The quantitative estimate of drug-likeness (QED) is 0.810. The molecule has 1 saturated heterocycles. The van der Waals surface area contributed by atoms with Crippen LogP contribution in [0.3, 0.4) is 0 Å². The van der Waals surface area contributed by atoms with E-state index in [9.17, 15) is 4.79 Å². The minimum atomic E-state index is -0.0792. The number of hydrogen-bond donors (Lipinski definition) is 1. The largest absolute Gasteiger partial charge is 0.497 e. The van der Waals surface area contributed by atoms with Gasteiger partial charge < -0.3 is 14.8 Å². The molecule has 1 heterocycles. The molecule has 1 aliphatic rings. The third-order valence-electron chi connectivity index (χ3n) is 5.12. The van der Waals surface area contributed by atoms with E-state index in [1.165, 1.54) is 24.8 Å². The highest BCUT2D eigenvalue weighted by molar-refractivity contribution is 5.94. The van der Waals surface area contributed by atoms with Crippen LogP contribution < -0.4 is 14.8 Å². The third kappa shape index (κ3) is 5.01. The number of nitrogens with one attached hydrogen (secondary N) is 1. The Morgan fingerprint density at radius 2 is 1.70 bits per heavy atom. The van der Waals surface area contributed by atoms with Gasteiger partial charge in [-0.1, -0.05) is 24.6 Å². The number of hydrogen-bond acceptors (Lipinski definition) is 4. The first-order valence-electron chi connectivity index (χ1n) is 9.51. The number of likely N-dealkylation sites (tertiary alicyclic amines) is 1. The van der Waals surface area contributed by atoms with Gasteiger partial charge in [-0.3, -0.25) is 9.69 Å². The van der Waals surface area contributed by atoms with E-state index in [1.807, 2.05) is 24.3 Å². The summed E-state index contributed by atoms with van der Waals surface area (Å²) in [4.78, 5) is 15.1. The molecule has 1 aliphatic heterocycles. The van der Waals surface area contributed by atoms with E-state index in [-0.39, 0.29) is 11.9 Å². The van der Waals surface area contributed by atoms with Gasteiger partial charge in [-0.25, -0.2) is 0 Å². The minimum Gasteiger partial charge on any atom is -0.497 e. The van der Waals surface area contributed by atoms with Gasteiger partial charge in [-0.05, 0) is 61.8 Å². The van der Waals surface area contributed by atoms with Gasteiger partial charge in [0.05, 0.1) is 20.3 Å². The Morgan fingerprint density at radius 3 is 2.37 bits per heavy atom. The van der Waals surface area contributed by atoms with Gasteiger partial charge >= 0.3 is 0 Å². The maximum atomic E-state index is 12.6. The molecule has 1 amide bonds. The summed E-state index contributed by atoms with van der Waals surface area (Å²) in [6, 6.07) is 15.5. The molecule has 2 aromatic rings. The summed E-state index contributed by atoms with van der Waals surface area (Å²) >= 11 is 0. The van der Waals surface area contributed by atoms with Crippen molar-refractivity contribution < 1.29 is 14.3 Å². The smallest absolute Gasteiger partial charge is 0.251 e. The molecule has 1 N–H and O–H groups in total. The lowest BCUT2D eigenvalue weighted by Gasteiger charge is -2.35. The summed E-state index contributed by atoms with van der Waals surface area (Å²) in [5.74, 6) is 1.45. The molecule has 1 fully saturated rings. The van der Waals surface area contributed by atoms with Crippen LogP contribution >= 0.6 is 0 Å². The number of benzene rings is 2. The first-order chi connectivity index (χ1) is 13.2. The molecule has 3 rings (SSSR count). The number of amides is 1. The molecule has 1 unspecified atom stereocenters. The van der Waals surface area contributed by atoms with Crippen molar-refractivity contribution in [1.82, 2.24) is 10.2 Å². The van der Waals surface area contributed by atoms with Gasteiger partial charge in [0.25, 0.3) is 5.91 Å². The summed E-state index contributed by atoms with van der Waals surface area (Å²) in [5, 5.41) is 3.11. The molecule has 0 bridgehead atoms. The van der Waals surface area contributed by atoms with Crippen LogP contribution in [0, 0.1) is 0 Å². The monoisotopic (exact) mass is 368 g/mol. The Bertz CT molecular complexity index is 739. The standard InChI is InChI=1S/C22H28N2O3/c1-26-19-11-9-17(10-12-19)21(24-13-4-3-5-14-24)16-23-22(25)18-7-6-8-20(15-18)27-2/h6-12,15,21H,3-5,13-14,16H2,1-2H3,(H,23,25). The fourth-order valence-electron chi connectivity index (χ4n) is 3.57. The number of methoxy groups -OCH3 is 2. The van der Waals surface area contributed by atoms with Crippen molar-refractivity contribution in [1.29, 1.82) is 0 Å². The van der Waals surface area contributed by atoms with Crippen LogP contribution in [0.25, 0.3) is 0 Å². The third-order valence-corrected chi connectivity index (χ3v) is 5.12. The maximum Gasteiger partial charge on any atom is 0.251 e. The van der Waals surface area contributed by atoms with Crippen LogP contribution in [-0.4, -0.2) is 44.7 Å². The number of nitrogens with zero attached hydrogens (tertiary/aromatic N) is 1. The summed E-state index contributed by atoms with van der Waals surface area (Å²) < 4.78 is 10.5. The SMILES string of the molecule is COc1ccc(C(CNC(=O)c2cccc(OC)c2)N2CCCCC2)cc1. The van der Waals surface area contributed by atoms with Crippen molar-refractivity contribution in [2.75, 3.05) is 33.9 Å². The van der Waals surface area contributed by atoms with Gasteiger partial charge in [0.15, 0.2) is 0 Å². The molecule has 1 atom stereocenters. The highest BCUT2D eigenvalue weighted by Crippen LogP contribution is 2.26. The molecule has 5 nitrogen and oxygen atoms in total. The number of piperidine rings is 1. The molecule has 27 heavy (non-hydrogen) atoms. The Hall–Kier alpha value is -2.53. The van der Waals surface area contributed by atoms with E-state index in [1.54, 1.807) is 26.4 Å². The summed E-state index contributed by atoms with van der Waals surface area (Å²) in [5.41, 5.74) is 1.81. The first-order valence-corrected chi connectivity index (χ1v) is 9.51. The first kappa shape index (κ1) is 19.2. The van der Waals surface area contributed by atoms with Crippen molar-refractivity contribution in [3.05, 3.63) is 59.7 Å². The van der Waals surface area contributed by atoms with Gasteiger partial charge in [0, 0.05) is 12.1 Å². The second-order valence-corrected chi connectivity index (χ2v) is 6.83. The Kier molecular flexibility index (Phi) is 6.71. The molecule has 0 radical (unpaired) electrons. The normalized spacial score (nSPS) is 15.8. The molecule has 5 heteroatoms. The van der Waals surface area contributed by atoms with Crippen molar-refractivity contribution in [3.63, 3.8) is 0 Å². The summed E-state index contributed by atoms with van der Waals surface area (Å²) in [7, 11) is 3.28. The topological polar surface area (TPSA) is 50.8 Å². The average molecular weight is 368 g/mol. The van der Waals surface area contributed by atoms with E-state index in [0.717, 1.165) is 18.8 Å². The van der Waals surface area contributed by atoms with E-state index in [4.69, 9.17) is 9.47 Å². The second-order valence-electron chi connectivity index (χ2n) is 6.83. The van der Waals surface area contributed by atoms with Gasteiger partial charge in [0.1, 0.15) is 11.5 Å². The molecular weight excluding hydrogens is 340 g/mol. The van der Waals surface area contributed by atoms with Crippen LogP contribution in [0.5, 0.6) is 11.5 Å². The molecule has 2 aromatic carbocycles. The molecule has 0 saturated carbocycles. The lowest BCUT2D eigenvalue weighted by atomic mass is 10.0. The Balaban J connectivity index is 1.72. The predicted molar refractivity (Wildman–Crippen MR) is 106 cm³/mol. The van der Waals surface area contributed by atoms with Crippen molar-refractivity contribution >= 4 is 5.91 Å². The zero-order valence-electron chi connectivity index (χ0n) is 16.1. The lowest BCUT2D eigenvalue weighted by Crippen LogP contribution is -2.40. The number of rotatable bonds is 7. The molecule has 0 spiro atoms. The number of ether oxygens (including phenoxy) is 2. The highest BCUT2D eigenvalue weighted by Gasteiger charge is 2.23. The van der Waals surface area contributed by atoms with E-state index < -0.39 is 0 Å². The predicted octanol–water partition coefficient (Wildman–Crippen LogP) is 3.66. The van der Waals surface area contributed by atoms with E-state index >= 15 is 0 Å².